The van der Waals surface area contributed by atoms with Crippen LogP contribution in [-0.4, -0.2) is 31.9 Å². The molecule has 1 fully saturated rings. The molecule has 0 spiro atoms. The van der Waals surface area contributed by atoms with Gasteiger partial charge in [-0.3, -0.25) is 9.71 Å². The standard InChI is InChI=1S/C26H23ClN4O4S3/c1-34-21-11-8-17(15-20(21)30-38(2,32)33)31-25(24(29-26(31)36)19-5-3-4-14-28-19)22-12-13-23(35-22)37-18-9-6-16(27)7-10-18/h3-15,24-25,30H,1-2H3,(H,29,36)/t24-,25+/m1/s1. The summed E-state index contributed by atoms with van der Waals surface area (Å²) in [6, 6.07) is 21.5. The minimum atomic E-state index is -3.55. The molecule has 0 aliphatic carbocycles. The Bertz CT molecular complexity index is 1560. The van der Waals surface area contributed by atoms with Gasteiger partial charge in [0.05, 0.1) is 30.8 Å². The molecule has 0 bridgehead atoms. The highest BCUT2D eigenvalue weighted by molar-refractivity contribution is 7.99. The maximum absolute atomic E-state index is 12.0. The highest BCUT2D eigenvalue weighted by Crippen LogP contribution is 2.44. The molecular weight excluding hydrogens is 564 g/mol. The summed E-state index contributed by atoms with van der Waals surface area (Å²) in [5, 5.41) is 5.19. The first-order valence-electron chi connectivity index (χ1n) is 11.4. The van der Waals surface area contributed by atoms with Crippen molar-refractivity contribution in [3.63, 3.8) is 0 Å². The van der Waals surface area contributed by atoms with Crippen LogP contribution in [0.3, 0.4) is 0 Å². The number of benzene rings is 2. The quantitative estimate of drug-likeness (QED) is 0.240. The molecule has 0 radical (unpaired) electrons. The average molecular weight is 587 g/mol. The third-order valence-electron chi connectivity index (χ3n) is 5.78. The second kappa shape index (κ2) is 10.9. The summed E-state index contributed by atoms with van der Waals surface area (Å²) in [4.78, 5) is 7.44. The summed E-state index contributed by atoms with van der Waals surface area (Å²) in [7, 11) is -2.07. The van der Waals surface area contributed by atoms with E-state index in [0.29, 0.717) is 38.1 Å². The SMILES string of the molecule is COc1ccc(N2C(=S)N[C@H](c3ccccn3)[C@@H]2c2ccc(Sc3ccc(Cl)cc3)o2)cc1NS(C)(=O)=O. The van der Waals surface area contributed by atoms with Crippen molar-refractivity contribution in [2.75, 3.05) is 23.0 Å². The first-order valence-corrected chi connectivity index (χ1v) is 14.9. The van der Waals surface area contributed by atoms with Crippen molar-refractivity contribution < 1.29 is 17.6 Å². The van der Waals surface area contributed by atoms with Gasteiger partial charge in [-0.2, -0.15) is 0 Å². The number of anilines is 2. The number of nitrogens with one attached hydrogen (secondary N) is 2. The molecule has 2 aromatic heterocycles. The number of halogens is 1. The first kappa shape index (κ1) is 26.4. The smallest absolute Gasteiger partial charge is 0.229 e. The molecule has 8 nitrogen and oxygen atoms in total. The van der Waals surface area contributed by atoms with Gasteiger partial charge in [-0.1, -0.05) is 29.4 Å². The topological polar surface area (TPSA) is 96.7 Å². The van der Waals surface area contributed by atoms with Gasteiger partial charge in [-0.25, -0.2) is 8.42 Å². The van der Waals surface area contributed by atoms with E-state index in [2.05, 4.69) is 15.0 Å². The molecule has 4 aromatic rings. The molecule has 0 unspecified atom stereocenters. The van der Waals surface area contributed by atoms with E-state index in [1.165, 1.54) is 18.9 Å². The molecule has 1 saturated heterocycles. The van der Waals surface area contributed by atoms with Crippen molar-refractivity contribution in [2.24, 2.45) is 0 Å². The predicted octanol–water partition coefficient (Wildman–Crippen LogP) is 6.04. The van der Waals surface area contributed by atoms with Gasteiger partial charge in [0, 0.05) is 21.8 Å². The number of thiocarbonyl (C=S) groups is 1. The Balaban J connectivity index is 1.55. The highest BCUT2D eigenvalue weighted by Gasteiger charge is 2.42. The van der Waals surface area contributed by atoms with Crippen LogP contribution in [0.4, 0.5) is 11.4 Å². The summed E-state index contributed by atoms with van der Waals surface area (Å²) in [5.74, 6) is 1.05. The molecule has 0 saturated carbocycles. The Morgan fingerprint density at radius 2 is 1.92 bits per heavy atom. The molecule has 2 N–H and O–H groups in total. The number of hydrogen-bond acceptors (Lipinski definition) is 7. The molecule has 12 heteroatoms. The lowest BCUT2D eigenvalue weighted by atomic mass is 10.0. The zero-order chi connectivity index (χ0) is 26.9. The zero-order valence-electron chi connectivity index (χ0n) is 20.3. The minimum absolute atomic E-state index is 0.300. The van der Waals surface area contributed by atoms with Gasteiger partial charge in [-0.15, -0.1) is 0 Å². The normalized spacial score (nSPS) is 17.3. The Hall–Kier alpha value is -3.25. The van der Waals surface area contributed by atoms with Crippen molar-refractivity contribution in [1.82, 2.24) is 10.3 Å². The number of rotatable bonds is 8. The molecule has 0 amide bonds. The van der Waals surface area contributed by atoms with Gasteiger partial charge in [-0.05, 0) is 78.9 Å². The fourth-order valence-corrected chi connectivity index (χ4v) is 6.02. The van der Waals surface area contributed by atoms with Crippen LogP contribution in [0.5, 0.6) is 5.75 Å². The lowest BCUT2D eigenvalue weighted by molar-refractivity contribution is 0.383. The van der Waals surface area contributed by atoms with Gasteiger partial charge in [0.1, 0.15) is 17.6 Å². The molecule has 1 aliphatic heterocycles. The first-order chi connectivity index (χ1) is 18.2. The molecule has 196 valence electrons. The van der Waals surface area contributed by atoms with E-state index in [1.54, 1.807) is 18.3 Å². The third kappa shape index (κ3) is 5.75. The number of aromatic nitrogens is 1. The van der Waals surface area contributed by atoms with Crippen LogP contribution in [0, 0.1) is 0 Å². The number of methoxy groups -OCH3 is 1. The fraction of sp³-hybridized carbons (Fsp3) is 0.154. The molecule has 2 atom stereocenters. The summed E-state index contributed by atoms with van der Waals surface area (Å²) >= 11 is 13.3. The van der Waals surface area contributed by atoms with E-state index >= 15 is 0 Å². The van der Waals surface area contributed by atoms with Crippen LogP contribution in [0.25, 0.3) is 0 Å². The second-order valence-electron chi connectivity index (χ2n) is 8.47. The Kier molecular flexibility index (Phi) is 7.53. The zero-order valence-corrected chi connectivity index (χ0v) is 23.5. The predicted molar refractivity (Wildman–Crippen MR) is 154 cm³/mol. The van der Waals surface area contributed by atoms with E-state index < -0.39 is 16.1 Å². The molecule has 1 aliphatic rings. The van der Waals surface area contributed by atoms with E-state index in [-0.39, 0.29) is 6.04 Å². The van der Waals surface area contributed by atoms with Crippen molar-refractivity contribution >= 4 is 62.1 Å². The van der Waals surface area contributed by atoms with Crippen LogP contribution in [0.2, 0.25) is 5.02 Å². The summed E-state index contributed by atoms with van der Waals surface area (Å²) in [5.41, 5.74) is 1.74. The lowest BCUT2D eigenvalue weighted by Crippen LogP contribution is -2.29. The number of pyridine rings is 1. The Labute approximate surface area is 235 Å². The van der Waals surface area contributed by atoms with Gasteiger partial charge >= 0.3 is 0 Å². The van der Waals surface area contributed by atoms with E-state index in [0.717, 1.165) is 16.8 Å². The molecule has 2 aromatic carbocycles. The van der Waals surface area contributed by atoms with E-state index in [9.17, 15) is 8.42 Å². The third-order valence-corrected chi connectivity index (χ3v) is 7.87. The van der Waals surface area contributed by atoms with E-state index in [4.69, 9.17) is 33.0 Å². The minimum Gasteiger partial charge on any atom is -0.495 e. The molecule has 3 heterocycles. The van der Waals surface area contributed by atoms with E-state index in [1.807, 2.05) is 65.6 Å². The van der Waals surface area contributed by atoms with Crippen LogP contribution in [0.1, 0.15) is 23.5 Å². The van der Waals surface area contributed by atoms with Crippen LogP contribution < -0.4 is 19.7 Å². The number of nitrogens with zero attached hydrogens (tertiary/aromatic N) is 2. The highest BCUT2D eigenvalue weighted by atomic mass is 35.5. The van der Waals surface area contributed by atoms with Crippen molar-refractivity contribution in [3.8, 4) is 5.75 Å². The van der Waals surface area contributed by atoms with Crippen molar-refractivity contribution in [3.05, 3.63) is 95.5 Å². The number of ether oxygens (including phenoxy) is 1. The molecular formula is C26H23ClN4O4S3. The molecule has 5 rings (SSSR count). The number of sulfonamides is 1. The van der Waals surface area contributed by atoms with Crippen molar-refractivity contribution in [1.29, 1.82) is 0 Å². The average Bonchev–Trinajstić information content (AvgIpc) is 3.49. The summed E-state index contributed by atoms with van der Waals surface area (Å²) in [6.07, 6.45) is 2.81. The largest absolute Gasteiger partial charge is 0.495 e. The van der Waals surface area contributed by atoms with Crippen LogP contribution in [-0.2, 0) is 10.0 Å². The lowest BCUT2D eigenvalue weighted by Gasteiger charge is -2.27. The number of hydrogen-bond donors (Lipinski definition) is 2. The van der Waals surface area contributed by atoms with Gasteiger partial charge in [0.25, 0.3) is 0 Å². The van der Waals surface area contributed by atoms with Gasteiger partial charge in [0.2, 0.25) is 10.0 Å². The second-order valence-corrected chi connectivity index (χ2v) is 12.1. The van der Waals surface area contributed by atoms with Crippen LogP contribution in [0.15, 0.2) is 93.4 Å². The Morgan fingerprint density at radius 1 is 1.13 bits per heavy atom. The van der Waals surface area contributed by atoms with Crippen molar-refractivity contribution in [2.45, 2.75) is 22.1 Å². The molecule has 38 heavy (non-hydrogen) atoms. The Morgan fingerprint density at radius 3 is 2.61 bits per heavy atom. The van der Waals surface area contributed by atoms with Crippen LogP contribution >= 0.6 is 35.6 Å². The van der Waals surface area contributed by atoms with Gasteiger partial charge < -0.3 is 19.4 Å². The number of furan rings is 1. The summed E-state index contributed by atoms with van der Waals surface area (Å²) < 4.78 is 38.2. The monoisotopic (exact) mass is 586 g/mol. The summed E-state index contributed by atoms with van der Waals surface area (Å²) in [6.45, 7) is 0. The fourth-order valence-electron chi connectivity index (χ4n) is 4.21. The van der Waals surface area contributed by atoms with Gasteiger partial charge in [0.15, 0.2) is 10.2 Å². The maximum Gasteiger partial charge on any atom is 0.229 e. The maximum atomic E-state index is 12.0.